The third kappa shape index (κ3) is 4.00. The first-order chi connectivity index (χ1) is 11.9. The van der Waals surface area contributed by atoms with Crippen LogP contribution in [0.3, 0.4) is 0 Å². The van der Waals surface area contributed by atoms with Gasteiger partial charge >= 0.3 is 5.97 Å². The quantitative estimate of drug-likeness (QED) is 0.720. The summed E-state index contributed by atoms with van der Waals surface area (Å²) in [4.78, 5) is 26.4. The van der Waals surface area contributed by atoms with Crippen molar-refractivity contribution in [2.75, 3.05) is 33.9 Å². The first-order valence-corrected chi connectivity index (χ1v) is 8.62. The summed E-state index contributed by atoms with van der Waals surface area (Å²) in [6.45, 7) is 5.10. The van der Waals surface area contributed by atoms with Crippen LogP contribution in [0.5, 0.6) is 11.5 Å². The molecule has 1 saturated heterocycles. The number of ether oxygens (including phenoxy) is 3. The molecule has 0 saturated carbocycles. The molecule has 0 unspecified atom stereocenters. The van der Waals surface area contributed by atoms with Gasteiger partial charge in [-0.15, -0.1) is 0 Å². The third-order valence-electron chi connectivity index (χ3n) is 4.37. The Kier molecular flexibility index (Phi) is 6.16. The SMILES string of the molecule is CCCOc1c(Cl)cc(C(=O)N2CC[C@](C)(C(=O)OC)C2)cc1OC. The second kappa shape index (κ2) is 7.95. The van der Waals surface area contributed by atoms with Gasteiger partial charge in [0.05, 0.1) is 31.3 Å². The Morgan fingerprint density at radius 3 is 2.64 bits per heavy atom. The lowest BCUT2D eigenvalue weighted by Crippen LogP contribution is -2.35. The van der Waals surface area contributed by atoms with Crippen LogP contribution >= 0.6 is 11.6 Å². The molecule has 1 amide bonds. The van der Waals surface area contributed by atoms with Crippen molar-refractivity contribution in [1.29, 1.82) is 0 Å². The Morgan fingerprint density at radius 1 is 1.32 bits per heavy atom. The highest BCUT2D eigenvalue weighted by molar-refractivity contribution is 6.32. The van der Waals surface area contributed by atoms with Crippen molar-refractivity contribution in [1.82, 2.24) is 4.90 Å². The standard InChI is InChI=1S/C18H24ClNO5/c1-5-8-25-15-13(19)9-12(10-14(15)23-3)16(21)20-7-6-18(2,11-20)17(22)24-4/h9-10H,5-8,11H2,1-4H3/t18-/m0/s1. The van der Waals surface area contributed by atoms with Gasteiger partial charge in [0.2, 0.25) is 0 Å². The Labute approximate surface area is 153 Å². The average molecular weight is 370 g/mol. The van der Waals surface area contributed by atoms with Crippen LogP contribution in [0, 0.1) is 5.41 Å². The van der Waals surface area contributed by atoms with Gasteiger partial charge < -0.3 is 19.1 Å². The van der Waals surface area contributed by atoms with Gasteiger partial charge in [-0.1, -0.05) is 18.5 Å². The lowest BCUT2D eigenvalue weighted by atomic mass is 9.90. The topological polar surface area (TPSA) is 65.1 Å². The van der Waals surface area contributed by atoms with E-state index in [1.54, 1.807) is 24.0 Å². The number of halogens is 1. The van der Waals surface area contributed by atoms with Gasteiger partial charge in [-0.3, -0.25) is 9.59 Å². The monoisotopic (exact) mass is 369 g/mol. The first kappa shape index (κ1) is 19.4. The van der Waals surface area contributed by atoms with Crippen molar-refractivity contribution in [3.8, 4) is 11.5 Å². The van der Waals surface area contributed by atoms with E-state index in [0.717, 1.165) is 6.42 Å². The van der Waals surface area contributed by atoms with Crippen molar-refractivity contribution >= 4 is 23.5 Å². The van der Waals surface area contributed by atoms with Crippen molar-refractivity contribution < 1.29 is 23.8 Å². The summed E-state index contributed by atoms with van der Waals surface area (Å²) in [6, 6.07) is 3.19. The van der Waals surface area contributed by atoms with Crippen LogP contribution in [0.4, 0.5) is 0 Å². The van der Waals surface area contributed by atoms with Crippen LogP contribution in [0.15, 0.2) is 12.1 Å². The molecule has 1 aliphatic rings. The number of likely N-dealkylation sites (tertiary alicyclic amines) is 1. The molecule has 2 rings (SSSR count). The molecule has 25 heavy (non-hydrogen) atoms. The van der Waals surface area contributed by atoms with E-state index in [-0.39, 0.29) is 11.9 Å². The van der Waals surface area contributed by atoms with Gasteiger partial charge in [0.15, 0.2) is 11.5 Å². The lowest BCUT2D eigenvalue weighted by Gasteiger charge is -2.22. The summed E-state index contributed by atoms with van der Waals surface area (Å²) in [6.07, 6.45) is 1.40. The zero-order valence-corrected chi connectivity index (χ0v) is 15.8. The van der Waals surface area contributed by atoms with E-state index in [4.69, 9.17) is 25.8 Å². The van der Waals surface area contributed by atoms with Crippen LogP contribution in [0.1, 0.15) is 37.0 Å². The second-order valence-electron chi connectivity index (χ2n) is 6.37. The third-order valence-corrected chi connectivity index (χ3v) is 4.65. The van der Waals surface area contributed by atoms with Crippen LogP contribution < -0.4 is 9.47 Å². The molecule has 138 valence electrons. The molecule has 1 aromatic rings. The summed E-state index contributed by atoms with van der Waals surface area (Å²) in [5, 5.41) is 0.325. The number of amides is 1. The number of nitrogens with zero attached hydrogens (tertiary/aromatic N) is 1. The van der Waals surface area contributed by atoms with Gasteiger partial charge in [-0.05, 0) is 31.9 Å². The summed E-state index contributed by atoms with van der Waals surface area (Å²) in [5.41, 5.74) is -0.276. The lowest BCUT2D eigenvalue weighted by molar-refractivity contribution is -0.150. The fraction of sp³-hybridized carbons (Fsp3) is 0.556. The van der Waals surface area contributed by atoms with Gasteiger partial charge in [-0.2, -0.15) is 0 Å². The molecule has 1 atom stereocenters. The molecule has 0 bridgehead atoms. The normalized spacial score (nSPS) is 19.6. The number of hydrogen-bond donors (Lipinski definition) is 0. The Balaban J connectivity index is 2.23. The molecule has 1 aliphatic heterocycles. The van der Waals surface area contributed by atoms with Crippen molar-refractivity contribution in [2.45, 2.75) is 26.7 Å². The average Bonchev–Trinajstić information content (AvgIpc) is 3.02. The summed E-state index contributed by atoms with van der Waals surface area (Å²) >= 11 is 6.28. The fourth-order valence-corrected chi connectivity index (χ4v) is 3.18. The van der Waals surface area contributed by atoms with Crippen molar-refractivity contribution in [2.24, 2.45) is 5.41 Å². The maximum Gasteiger partial charge on any atom is 0.313 e. The van der Waals surface area contributed by atoms with E-state index in [9.17, 15) is 9.59 Å². The molecule has 6 nitrogen and oxygen atoms in total. The summed E-state index contributed by atoms with van der Waals surface area (Å²) in [5.74, 6) is 0.346. The van der Waals surface area contributed by atoms with Crippen LogP contribution in [0.2, 0.25) is 5.02 Å². The van der Waals surface area contributed by atoms with E-state index < -0.39 is 5.41 Å². The minimum Gasteiger partial charge on any atom is -0.493 e. The van der Waals surface area contributed by atoms with Crippen LogP contribution in [0.25, 0.3) is 0 Å². The minimum absolute atomic E-state index is 0.199. The Morgan fingerprint density at radius 2 is 2.04 bits per heavy atom. The molecule has 0 spiro atoms. The zero-order valence-electron chi connectivity index (χ0n) is 15.1. The Hall–Kier alpha value is -1.95. The van der Waals surface area contributed by atoms with Crippen molar-refractivity contribution in [3.05, 3.63) is 22.7 Å². The smallest absolute Gasteiger partial charge is 0.313 e. The minimum atomic E-state index is -0.678. The molecule has 0 aromatic heterocycles. The number of esters is 1. The number of hydrogen-bond acceptors (Lipinski definition) is 5. The maximum absolute atomic E-state index is 12.8. The number of rotatable bonds is 6. The van der Waals surface area contributed by atoms with Gasteiger partial charge in [0.25, 0.3) is 5.91 Å². The van der Waals surface area contributed by atoms with E-state index in [2.05, 4.69) is 0 Å². The highest BCUT2D eigenvalue weighted by atomic mass is 35.5. The number of carbonyl (C=O) groups is 2. The molecular weight excluding hydrogens is 346 g/mol. The molecule has 0 aliphatic carbocycles. The van der Waals surface area contributed by atoms with Gasteiger partial charge in [0.1, 0.15) is 0 Å². The molecule has 0 radical (unpaired) electrons. The number of benzene rings is 1. The molecular formula is C18H24ClNO5. The molecule has 0 N–H and O–H groups in total. The molecule has 1 fully saturated rings. The van der Waals surface area contributed by atoms with E-state index in [0.29, 0.717) is 48.2 Å². The molecule has 1 aromatic carbocycles. The highest BCUT2D eigenvalue weighted by Crippen LogP contribution is 2.38. The predicted molar refractivity (Wildman–Crippen MR) is 94.4 cm³/mol. The first-order valence-electron chi connectivity index (χ1n) is 8.24. The van der Waals surface area contributed by atoms with E-state index in [1.165, 1.54) is 14.2 Å². The molecule has 7 heteroatoms. The largest absolute Gasteiger partial charge is 0.493 e. The summed E-state index contributed by atoms with van der Waals surface area (Å²) in [7, 11) is 2.86. The summed E-state index contributed by atoms with van der Waals surface area (Å²) < 4.78 is 15.8. The fourth-order valence-electron chi connectivity index (χ4n) is 2.92. The van der Waals surface area contributed by atoms with Crippen LogP contribution in [-0.4, -0.2) is 50.7 Å². The van der Waals surface area contributed by atoms with E-state index in [1.807, 2.05) is 6.92 Å². The van der Waals surface area contributed by atoms with Gasteiger partial charge in [0, 0.05) is 18.7 Å². The number of methoxy groups -OCH3 is 2. The number of carbonyl (C=O) groups excluding carboxylic acids is 2. The van der Waals surface area contributed by atoms with Crippen molar-refractivity contribution in [3.63, 3.8) is 0 Å². The maximum atomic E-state index is 12.8. The highest BCUT2D eigenvalue weighted by Gasteiger charge is 2.43. The Bertz CT molecular complexity index is 663. The van der Waals surface area contributed by atoms with Crippen LogP contribution in [-0.2, 0) is 9.53 Å². The zero-order chi connectivity index (χ0) is 18.6. The van der Waals surface area contributed by atoms with Gasteiger partial charge in [-0.25, -0.2) is 0 Å². The second-order valence-corrected chi connectivity index (χ2v) is 6.77. The predicted octanol–water partition coefficient (Wildman–Crippen LogP) is 3.16. The molecule has 1 heterocycles. The van der Waals surface area contributed by atoms with E-state index >= 15 is 0 Å².